The first-order valence-electron chi connectivity index (χ1n) is 6.28. The fourth-order valence-electron chi connectivity index (χ4n) is 1.35. The van der Waals surface area contributed by atoms with Crippen LogP contribution in [0.2, 0.25) is 0 Å². The van der Waals surface area contributed by atoms with Crippen molar-refractivity contribution in [2.24, 2.45) is 11.5 Å². The minimum absolute atomic E-state index is 0.0752. The Morgan fingerprint density at radius 2 is 1.09 bits per heavy atom. The molecular formula is C16H19N3O3. The Labute approximate surface area is 128 Å². The first kappa shape index (κ1) is 18.9. The van der Waals surface area contributed by atoms with E-state index in [1.807, 2.05) is 60.7 Å². The van der Waals surface area contributed by atoms with E-state index in [4.69, 9.17) is 15.3 Å². The van der Waals surface area contributed by atoms with Crippen LogP contribution in [0.4, 0.5) is 0 Å². The smallest absolute Gasteiger partial charge is 0.300 e. The van der Waals surface area contributed by atoms with Gasteiger partial charge in [-0.1, -0.05) is 60.7 Å². The molecule has 0 heterocycles. The number of hydrogen-bond donors (Lipinski definition) is 4. The van der Waals surface area contributed by atoms with Gasteiger partial charge in [0.2, 0.25) is 0 Å². The van der Waals surface area contributed by atoms with E-state index in [1.165, 1.54) is 0 Å². The SMILES string of the molecule is CC(=O)O.N=C(N)N.O=C(c1ccccc1)c1ccccc1. The summed E-state index contributed by atoms with van der Waals surface area (Å²) in [5, 5.41) is 13.5. The lowest BCUT2D eigenvalue weighted by Gasteiger charge is -1.99. The van der Waals surface area contributed by atoms with E-state index in [2.05, 4.69) is 11.5 Å². The van der Waals surface area contributed by atoms with Gasteiger partial charge in [-0.3, -0.25) is 15.0 Å². The van der Waals surface area contributed by atoms with Crippen LogP contribution in [0.5, 0.6) is 0 Å². The molecule has 6 N–H and O–H groups in total. The van der Waals surface area contributed by atoms with Gasteiger partial charge in [-0.25, -0.2) is 0 Å². The molecule has 22 heavy (non-hydrogen) atoms. The Morgan fingerprint density at radius 1 is 0.864 bits per heavy atom. The molecule has 6 heteroatoms. The van der Waals surface area contributed by atoms with E-state index < -0.39 is 5.97 Å². The topological polar surface area (TPSA) is 130 Å². The first-order chi connectivity index (χ1) is 10.3. The Kier molecular flexibility index (Phi) is 9.10. The molecule has 0 aromatic heterocycles. The Bertz CT molecular complexity index is 537. The van der Waals surface area contributed by atoms with Crippen molar-refractivity contribution >= 4 is 17.7 Å². The van der Waals surface area contributed by atoms with E-state index in [1.54, 1.807) is 0 Å². The third-order valence-electron chi connectivity index (χ3n) is 2.07. The summed E-state index contributed by atoms with van der Waals surface area (Å²) in [7, 11) is 0. The Morgan fingerprint density at radius 3 is 1.32 bits per heavy atom. The third-order valence-corrected chi connectivity index (χ3v) is 2.07. The van der Waals surface area contributed by atoms with Crippen LogP contribution in [0.3, 0.4) is 0 Å². The van der Waals surface area contributed by atoms with Crippen LogP contribution in [-0.2, 0) is 4.79 Å². The molecule has 0 amide bonds. The molecule has 0 aliphatic heterocycles. The van der Waals surface area contributed by atoms with Gasteiger partial charge < -0.3 is 16.6 Å². The number of nitrogens with two attached hydrogens (primary N) is 2. The standard InChI is InChI=1S/C13H10O.C2H4O2.CH5N3/c14-13(11-7-3-1-4-8-11)12-9-5-2-6-10-12;1-2(3)4;2-1(3)4/h1-10H;1H3,(H,3,4);(H5,2,3,4). The molecule has 0 bridgehead atoms. The highest BCUT2D eigenvalue weighted by atomic mass is 16.4. The van der Waals surface area contributed by atoms with Crippen molar-refractivity contribution in [2.75, 3.05) is 0 Å². The lowest BCUT2D eigenvalue weighted by molar-refractivity contribution is -0.134. The Balaban J connectivity index is 0.000000464. The molecule has 0 saturated heterocycles. The molecule has 0 atom stereocenters. The second-order valence-electron chi connectivity index (χ2n) is 4.04. The summed E-state index contributed by atoms with van der Waals surface area (Å²) < 4.78 is 0. The lowest BCUT2D eigenvalue weighted by atomic mass is 10.0. The molecule has 0 radical (unpaired) electrons. The van der Waals surface area contributed by atoms with Crippen molar-refractivity contribution in [1.82, 2.24) is 0 Å². The van der Waals surface area contributed by atoms with Crippen LogP contribution in [0, 0.1) is 5.41 Å². The summed E-state index contributed by atoms with van der Waals surface area (Å²) in [5.74, 6) is -1.09. The highest BCUT2D eigenvalue weighted by Gasteiger charge is 2.06. The normalized spacial score (nSPS) is 8.41. The number of carboxylic acid groups (broad SMARTS) is 1. The number of ketones is 1. The second kappa shape index (κ2) is 10.6. The first-order valence-corrected chi connectivity index (χ1v) is 6.28. The molecule has 0 spiro atoms. The third kappa shape index (κ3) is 9.74. The molecule has 0 aliphatic carbocycles. The van der Waals surface area contributed by atoms with E-state index in [0.717, 1.165) is 18.1 Å². The monoisotopic (exact) mass is 301 g/mol. The second-order valence-corrected chi connectivity index (χ2v) is 4.04. The van der Waals surface area contributed by atoms with Gasteiger partial charge in [0.25, 0.3) is 5.97 Å². The van der Waals surface area contributed by atoms with Gasteiger partial charge in [-0.15, -0.1) is 0 Å². The molecule has 2 rings (SSSR count). The lowest BCUT2D eigenvalue weighted by Crippen LogP contribution is -2.20. The highest BCUT2D eigenvalue weighted by molar-refractivity contribution is 6.08. The molecule has 116 valence electrons. The van der Waals surface area contributed by atoms with Crippen LogP contribution < -0.4 is 11.5 Å². The minimum Gasteiger partial charge on any atom is -0.481 e. The van der Waals surface area contributed by atoms with Gasteiger partial charge in [0.05, 0.1) is 0 Å². The summed E-state index contributed by atoms with van der Waals surface area (Å²) in [4.78, 5) is 20.8. The van der Waals surface area contributed by atoms with Crippen LogP contribution in [0.25, 0.3) is 0 Å². The van der Waals surface area contributed by atoms with Gasteiger partial charge in [0.15, 0.2) is 11.7 Å². The molecule has 2 aromatic rings. The maximum absolute atomic E-state index is 11.8. The predicted molar refractivity (Wildman–Crippen MR) is 85.7 cm³/mol. The van der Waals surface area contributed by atoms with Crippen molar-refractivity contribution in [3.05, 3.63) is 71.8 Å². The number of rotatable bonds is 2. The number of carboxylic acids is 1. The molecule has 6 nitrogen and oxygen atoms in total. The summed E-state index contributed by atoms with van der Waals surface area (Å²) in [6.45, 7) is 1.08. The van der Waals surface area contributed by atoms with Crippen molar-refractivity contribution in [3.8, 4) is 0 Å². The maximum atomic E-state index is 11.8. The van der Waals surface area contributed by atoms with Gasteiger partial charge in [0.1, 0.15) is 0 Å². The summed E-state index contributed by atoms with van der Waals surface area (Å²) in [6, 6.07) is 18.6. The molecule has 0 saturated carbocycles. The fraction of sp³-hybridized carbons (Fsp3) is 0.0625. The zero-order chi connectivity index (χ0) is 17.0. The minimum atomic E-state index is -0.833. The van der Waals surface area contributed by atoms with E-state index in [-0.39, 0.29) is 11.7 Å². The van der Waals surface area contributed by atoms with E-state index in [9.17, 15) is 4.79 Å². The summed E-state index contributed by atoms with van der Waals surface area (Å²) in [5.41, 5.74) is 10.4. The average molecular weight is 301 g/mol. The molecule has 2 aromatic carbocycles. The van der Waals surface area contributed by atoms with Crippen LogP contribution in [-0.4, -0.2) is 22.8 Å². The predicted octanol–water partition coefficient (Wildman–Crippen LogP) is 1.85. The number of carbonyl (C=O) groups is 2. The van der Waals surface area contributed by atoms with Crippen molar-refractivity contribution in [1.29, 1.82) is 5.41 Å². The van der Waals surface area contributed by atoms with Crippen LogP contribution in [0.1, 0.15) is 22.8 Å². The summed E-state index contributed by atoms with van der Waals surface area (Å²) in [6.07, 6.45) is 0. The number of guanidine groups is 1. The highest BCUT2D eigenvalue weighted by Crippen LogP contribution is 2.08. The van der Waals surface area contributed by atoms with E-state index >= 15 is 0 Å². The van der Waals surface area contributed by atoms with Crippen LogP contribution >= 0.6 is 0 Å². The van der Waals surface area contributed by atoms with Gasteiger partial charge >= 0.3 is 0 Å². The van der Waals surface area contributed by atoms with Crippen molar-refractivity contribution < 1.29 is 14.7 Å². The number of carbonyl (C=O) groups excluding carboxylic acids is 1. The number of benzene rings is 2. The zero-order valence-electron chi connectivity index (χ0n) is 12.2. The molecule has 0 fully saturated rings. The van der Waals surface area contributed by atoms with Crippen LogP contribution in [0.15, 0.2) is 60.7 Å². The number of aliphatic carboxylic acids is 1. The molecule has 0 unspecified atom stereocenters. The van der Waals surface area contributed by atoms with Gasteiger partial charge in [-0.05, 0) is 0 Å². The molecule has 0 aliphatic rings. The summed E-state index contributed by atoms with van der Waals surface area (Å²) >= 11 is 0. The average Bonchev–Trinajstić information content (AvgIpc) is 2.47. The Hall–Kier alpha value is -3.15. The van der Waals surface area contributed by atoms with E-state index in [0.29, 0.717) is 0 Å². The zero-order valence-corrected chi connectivity index (χ0v) is 12.2. The largest absolute Gasteiger partial charge is 0.481 e. The molecular weight excluding hydrogens is 282 g/mol. The number of hydrogen-bond acceptors (Lipinski definition) is 3. The van der Waals surface area contributed by atoms with Gasteiger partial charge in [-0.2, -0.15) is 0 Å². The fourth-order valence-corrected chi connectivity index (χ4v) is 1.35. The quantitative estimate of drug-likeness (QED) is 0.382. The maximum Gasteiger partial charge on any atom is 0.300 e. The van der Waals surface area contributed by atoms with Crippen molar-refractivity contribution in [2.45, 2.75) is 6.92 Å². The van der Waals surface area contributed by atoms with Gasteiger partial charge in [0, 0.05) is 18.1 Å². The number of nitrogens with one attached hydrogen (secondary N) is 1. The van der Waals surface area contributed by atoms with Crippen molar-refractivity contribution in [3.63, 3.8) is 0 Å².